The molecule has 0 saturated heterocycles. The first-order valence-electron chi connectivity index (χ1n) is 15.6. The molecule has 1 heteroatoms. The third kappa shape index (κ3) is 2.42. The van der Waals surface area contributed by atoms with Crippen molar-refractivity contribution in [1.29, 1.82) is 0 Å². The second kappa shape index (κ2) is 7.41. The summed E-state index contributed by atoms with van der Waals surface area (Å²) in [5, 5.41) is 10.2. The van der Waals surface area contributed by atoms with Crippen molar-refractivity contribution in [2.45, 2.75) is 31.1 Å². The van der Waals surface area contributed by atoms with E-state index in [1.54, 1.807) is 11.1 Å². The van der Waals surface area contributed by atoms with Crippen molar-refractivity contribution in [3.05, 3.63) is 120 Å². The van der Waals surface area contributed by atoms with Crippen LogP contribution < -0.4 is 0 Å². The van der Waals surface area contributed by atoms with Crippen LogP contribution in [0.2, 0.25) is 0 Å². The topological polar surface area (TPSA) is 13.1 Å². The highest BCUT2D eigenvalue weighted by Gasteiger charge is 2.57. The number of hydrogen-bond donors (Lipinski definition) is 0. The summed E-state index contributed by atoms with van der Waals surface area (Å²) >= 11 is 0. The second-order valence-corrected chi connectivity index (χ2v) is 13.2. The lowest BCUT2D eigenvalue weighted by Gasteiger charge is -2.36. The van der Waals surface area contributed by atoms with Gasteiger partial charge in [-0.15, -0.1) is 0 Å². The van der Waals surface area contributed by atoms with Gasteiger partial charge in [-0.1, -0.05) is 103 Å². The minimum absolute atomic E-state index is 0.185. The van der Waals surface area contributed by atoms with Gasteiger partial charge < -0.3 is 4.42 Å². The van der Waals surface area contributed by atoms with Gasteiger partial charge in [-0.2, -0.15) is 0 Å². The molecule has 1 spiro atoms. The lowest BCUT2D eigenvalue weighted by atomic mass is 9.66. The van der Waals surface area contributed by atoms with Crippen LogP contribution in [-0.2, 0) is 5.41 Å². The zero-order chi connectivity index (χ0) is 27.2. The number of benzene rings is 7. The van der Waals surface area contributed by atoms with Gasteiger partial charge >= 0.3 is 0 Å². The van der Waals surface area contributed by atoms with Crippen molar-refractivity contribution in [3.63, 3.8) is 0 Å². The third-order valence-corrected chi connectivity index (χ3v) is 11.5. The van der Waals surface area contributed by atoms with Gasteiger partial charge in [0.05, 0.1) is 0 Å². The van der Waals surface area contributed by atoms with Crippen molar-refractivity contribution >= 4 is 54.3 Å². The molecule has 7 aromatic carbocycles. The molecule has 0 N–H and O–H groups in total. The highest BCUT2D eigenvalue weighted by molar-refractivity contribution is 6.38. The molecule has 0 radical (unpaired) electrons. The average Bonchev–Trinajstić information content (AvgIpc) is 3.82. The minimum atomic E-state index is 0.185. The average molecular weight is 537 g/mol. The van der Waals surface area contributed by atoms with Gasteiger partial charge in [-0.25, -0.2) is 0 Å². The van der Waals surface area contributed by atoms with Crippen molar-refractivity contribution in [2.24, 2.45) is 11.8 Å². The Morgan fingerprint density at radius 3 is 2.26 bits per heavy atom. The summed E-state index contributed by atoms with van der Waals surface area (Å²) in [5.41, 5.74) is 11.0. The van der Waals surface area contributed by atoms with Crippen molar-refractivity contribution in [1.82, 2.24) is 0 Å². The van der Waals surface area contributed by atoms with Gasteiger partial charge in [-0.05, 0) is 98.2 Å². The normalized spacial score (nSPS) is 22.5. The Balaban J connectivity index is 1.29. The number of fused-ring (bicyclic) bond motifs is 13. The standard InChI is InChI=1S/C41H28O/c1-3-15-33-28(9-1)37-26(12-7-16-34(37)41(33)22-23-18-19-25(41)20-23)32-21-24-8-5-13-30-36(24)38-27(32)11-6-14-31(38)40-39(30)29-10-2-4-17-35(29)42-40/h1-17,21,23,25H,18-20,22H2. The molecule has 2 bridgehead atoms. The van der Waals surface area contributed by atoms with Crippen LogP contribution in [0.1, 0.15) is 36.8 Å². The highest BCUT2D eigenvalue weighted by atomic mass is 16.3. The number of furan rings is 1. The molecule has 11 rings (SSSR count). The van der Waals surface area contributed by atoms with Crippen LogP contribution in [0.15, 0.2) is 114 Å². The van der Waals surface area contributed by atoms with Gasteiger partial charge in [-0.3, -0.25) is 0 Å². The first-order chi connectivity index (χ1) is 20.8. The predicted molar refractivity (Wildman–Crippen MR) is 175 cm³/mol. The fraction of sp³-hybridized carbons (Fsp3) is 0.171. The molecule has 198 valence electrons. The Bertz CT molecular complexity index is 2440. The molecule has 3 atom stereocenters. The molecule has 3 aliphatic carbocycles. The Hall–Kier alpha value is -4.62. The number of para-hydroxylation sites is 1. The zero-order valence-corrected chi connectivity index (χ0v) is 23.3. The van der Waals surface area contributed by atoms with Gasteiger partial charge in [0, 0.05) is 27.0 Å². The van der Waals surface area contributed by atoms with Crippen molar-refractivity contribution < 1.29 is 4.42 Å². The van der Waals surface area contributed by atoms with Gasteiger partial charge in [0.2, 0.25) is 0 Å². The summed E-state index contributed by atoms with van der Waals surface area (Å²) in [6, 6.07) is 41.2. The van der Waals surface area contributed by atoms with Crippen LogP contribution in [-0.4, -0.2) is 0 Å². The van der Waals surface area contributed by atoms with E-state index in [9.17, 15) is 0 Å². The van der Waals surface area contributed by atoms with Gasteiger partial charge in [0.25, 0.3) is 0 Å². The minimum Gasteiger partial charge on any atom is -0.455 e. The fourth-order valence-electron chi connectivity index (χ4n) is 10.0. The summed E-state index contributed by atoms with van der Waals surface area (Å²) in [6.07, 6.45) is 5.48. The number of hydrogen-bond acceptors (Lipinski definition) is 1. The molecule has 3 unspecified atom stereocenters. The molecule has 3 aliphatic rings. The summed E-state index contributed by atoms with van der Waals surface area (Å²) in [5.74, 6) is 1.63. The first kappa shape index (κ1) is 22.0. The fourth-order valence-corrected chi connectivity index (χ4v) is 10.0. The molecule has 0 aliphatic heterocycles. The maximum atomic E-state index is 6.63. The van der Waals surface area contributed by atoms with Gasteiger partial charge in [0.1, 0.15) is 11.2 Å². The van der Waals surface area contributed by atoms with E-state index in [4.69, 9.17) is 4.42 Å². The molecule has 1 aromatic heterocycles. The molecule has 1 nitrogen and oxygen atoms in total. The van der Waals surface area contributed by atoms with Crippen LogP contribution in [0.3, 0.4) is 0 Å². The van der Waals surface area contributed by atoms with E-state index in [-0.39, 0.29) is 5.41 Å². The Labute approximate surface area is 243 Å². The Morgan fingerprint density at radius 1 is 0.571 bits per heavy atom. The maximum Gasteiger partial charge on any atom is 0.143 e. The largest absolute Gasteiger partial charge is 0.455 e. The van der Waals surface area contributed by atoms with Crippen LogP contribution in [0.4, 0.5) is 0 Å². The lowest BCUT2D eigenvalue weighted by Crippen LogP contribution is -2.31. The van der Waals surface area contributed by atoms with E-state index in [1.165, 1.54) is 91.0 Å². The molecule has 8 aromatic rings. The quantitative estimate of drug-likeness (QED) is 0.190. The molecular formula is C41H28O. The summed E-state index contributed by atoms with van der Waals surface area (Å²) in [6.45, 7) is 0. The predicted octanol–water partition coefficient (Wildman–Crippen LogP) is 11.2. The van der Waals surface area contributed by atoms with Crippen molar-refractivity contribution in [3.8, 4) is 22.3 Å². The smallest absolute Gasteiger partial charge is 0.143 e. The monoisotopic (exact) mass is 536 g/mol. The highest BCUT2D eigenvalue weighted by Crippen LogP contribution is 2.66. The van der Waals surface area contributed by atoms with Gasteiger partial charge in [0.15, 0.2) is 0 Å². The molecule has 1 heterocycles. The number of rotatable bonds is 1. The van der Waals surface area contributed by atoms with Crippen LogP contribution in [0.5, 0.6) is 0 Å². The van der Waals surface area contributed by atoms with E-state index in [0.29, 0.717) is 0 Å². The molecule has 0 amide bonds. The van der Waals surface area contributed by atoms with E-state index in [1.807, 2.05) is 0 Å². The summed E-state index contributed by atoms with van der Waals surface area (Å²) in [4.78, 5) is 0. The first-order valence-corrected chi connectivity index (χ1v) is 15.6. The Kier molecular flexibility index (Phi) is 3.89. The molecule has 42 heavy (non-hydrogen) atoms. The summed E-state index contributed by atoms with van der Waals surface area (Å²) < 4.78 is 6.63. The van der Waals surface area contributed by atoms with Crippen molar-refractivity contribution in [2.75, 3.05) is 0 Å². The zero-order valence-electron chi connectivity index (χ0n) is 23.3. The van der Waals surface area contributed by atoms with Crippen LogP contribution >= 0.6 is 0 Å². The van der Waals surface area contributed by atoms with Crippen LogP contribution in [0.25, 0.3) is 76.5 Å². The lowest BCUT2D eigenvalue weighted by molar-refractivity contribution is 0.327. The Morgan fingerprint density at radius 2 is 1.33 bits per heavy atom. The molecule has 2 saturated carbocycles. The molecular weight excluding hydrogens is 508 g/mol. The van der Waals surface area contributed by atoms with E-state index in [0.717, 1.165) is 23.0 Å². The van der Waals surface area contributed by atoms with E-state index < -0.39 is 0 Å². The van der Waals surface area contributed by atoms with Crippen LogP contribution in [0, 0.1) is 11.8 Å². The third-order valence-electron chi connectivity index (χ3n) is 11.5. The SMILES string of the molecule is c1ccc2c(c1)-c1c(-c3cc4cccc5c6c7ccccc7oc6c6cccc3c6c45)cccc1C21CC2CCC1C2. The molecule has 2 fully saturated rings. The maximum absolute atomic E-state index is 6.63. The second-order valence-electron chi connectivity index (χ2n) is 13.2. The summed E-state index contributed by atoms with van der Waals surface area (Å²) in [7, 11) is 0. The van der Waals surface area contributed by atoms with E-state index in [2.05, 4.69) is 109 Å². The van der Waals surface area contributed by atoms with E-state index >= 15 is 0 Å².